The Morgan fingerprint density at radius 3 is 2.36 bits per heavy atom. The quantitative estimate of drug-likeness (QED) is 0.565. The van der Waals surface area contributed by atoms with Gasteiger partial charge in [-0.25, -0.2) is 0 Å². The fourth-order valence-corrected chi connectivity index (χ4v) is 2.82. The number of aromatic nitrogens is 2. The van der Waals surface area contributed by atoms with Crippen molar-refractivity contribution in [3.8, 4) is 0 Å². The summed E-state index contributed by atoms with van der Waals surface area (Å²) in [7, 11) is 0. The van der Waals surface area contributed by atoms with Gasteiger partial charge in [0.1, 0.15) is 0 Å². The maximum Gasteiger partial charge on any atom is 0.257 e. The van der Waals surface area contributed by atoms with Crippen molar-refractivity contribution in [3.63, 3.8) is 0 Å². The largest absolute Gasteiger partial charge is 0.383 e. The number of para-hydroxylation sites is 1. The van der Waals surface area contributed by atoms with Gasteiger partial charge in [0.25, 0.3) is 5.91 Å². The van der Waals surface area contributed by atoms with E-state index in [-0.39, 0.29) is 5.91 Å². The van der Waals surface area contributed by atoms with Crippen LogP contribution in [0.1, 0.15) is 15.9 Å². The van der Waals surface area contributed by atoms with E-state index in [1.165, 1.54) is 11.3 Å². The molecule has 1 heterocycles. The van der Waals surface area contributed by atoms with E-state index in [9.17, 15) is 4.79 Å². The molecule has 0 bridgehead atoms. The first-order valence-electron chi connectivity index (χ1n) is 7.95. The summed E-state index contributed by atoms with van der Waals surface area (Å²) < 4.78 is 0. The van der Waals surface area contributed by atoms with E-state index < -0.39 is 0 Å². The number of nitrogens with zero attached hydrogens (tertiary/aromatic N) is 2. The van der Waals surface area contributed by atoms with E-state index in [0.29, 0.717) is 22.4 Å². The molecule has 2 aromatic carbocycles. The number of hydrogen-bond acceptors (Lipinski definition) is 6. The molecule has 0 unspecified atom stereocenters. The zero-order chi connectivity index (χ0) is 17.5. The monoisotopic (exact) mass is 353 g/mol. The minimum Gasteiger partial charge on any atom is -0.383 e. The van der Waals surface area contributed by atoms with Gasteiger partial charge in [-0.05, 0) is 31.2 Å². The van der Waals surface area contributed by atoms with E-state index in [0.717, 1.165) is 17.8 Å². The molecule has 7 heteroatoms. The van der Waals surface area contributed by atoms with Gasteiger partial charge < -0.3 is 10.6 Å². The number of nitrogens with one attached hydrogen (secondary N) is 3. The van der Waals surface area contributed by atoms with Crippen molar-refractivity contribution in [3.05, 3.63) is 65.7 Å². The number of benzene rings is 2. The number of hydrogen-bond donors (Lipinski definition) is 3. The second-order valence-corrected chi connectivity index (χ2v) is 6.43. The van der Waals surface area contributed by atoms with E-state index in [1.54, 1.807) is 12.1 Å². The molecule has 0 saturated heterocycles. The van der Waals surface area contributed by atoms with Crippen LogP contribution in [0.5, 0.6) is 0 Å². The third-order valence-electron chi connectivity index (χ3n) is 3.46. The molecule has 0 radical (unpaired) electrons. The number of aryl methyl sites for hydroxylation is 1. The highest BCUT2D eigenvalue weighted by Gasteiger charge is 2.09. The van der Waals surface area contributed by atoms with Crippen LogP contribution in [0.15, 0.2) is 54.6 Å². The fraction of sp³-hybridized carbons (Fsp3) is 0.167. The Morgan fingerprint density at radius 1 is 0.920 bits per heavy atom. The van der Waals surface area contributed by atoms with Gasteiger partial charge >= 0.3 is 0 Å². The predicted octanol–water partition coefficient (Wildman–Crippen LogP) is 3.62. The van der Waals surface area contributed by atoms with Crippen molar-refractivity contribution in [2.24, 2.45) is 0 Å². The molecule has 1 amide bonds. The standard InChI is InChI=1S/C18H19N5OS/c1-13-7-9-14(10-8-13)16(24)21-18-23-22-17(25-18)20-12-11-19-15-5-3-2-4-6-15/h2-10,19H,11-12H2,1H3,(H,20,22)(H,21,23,24). The van der Waals surface area contributed by atoms with Gasteiger partial charge in [-0.2, -0.15) is 0 Å². The van der Waals surface area contributed by atoms with Crippen LogP contribution < -0.4 is 16.0 Å². The summed E-state index contributed by atoms with van der Waals surface area (Å²) in [5.41, 5.74) is 2.79. The molecule has 0 aliphatic carbocycles. The molecule has 0 aliphatic rings. The van der Waals surface area contributed by atoms with Crippen molar-refractivity contribution < 1.29 is 4.79 Å². The third kappa shape index (κ3) is 5.02. The van der Waals surface area contributed by atoms with E-state index >= 15 is 0 Å². The van der Waals surface area contributed by atoms with Crippen LogP contribution in [-0.2, 0) is 0 Å². The van der Waals surface area contributed by atoms with E-state index in [1.807, 2.05) is 49.4 Å². The van der Waals surface area contributed by atoms with Crippen molar-refractivity contribution >= 4 is 33.2 Å². The van der Waals surface area contributed by atoms with Crippen LogP contribution in [0.25, 0.3) is 0 Å². The highest BCUT2D eigenvalue weighted by Crippen LogP contribution is 2.20. The second-order valence-electron chi connectivity index (χ2n) is 5.45. The molecule has 6 nitrogen and oxygen atoms in total. The number of rotatable bonds is 7. The summed E-state index contributed by atoms with van der Waals surface area (Å²) in [6.45, 7) is 3.45. The Bertz CT molecular complexity index is 817. The van der Waals surface area contributed by atoms with Crippen LogP contribution in [0.2, 0.25) is 0 Å². The number of amides is 1. The molecule has 3 rings (SSSR count). The van der Waals surface area contributed by atoms with Crippen molar-refractivity contribution in [2.45, 2.75) is 6.92 Å². The van der Waals surface area contributed by atoms with Gasteiger partial charge in [0, 0.05) is 24.3 Å². The summed E-state index contributed by atoms with van der Waals surface area (Å²) >= 11 is 1.31. The number of anilines is 3. The molecule has 3 N–H and O–H groups in total. The third-order valence-corrected chi connectivity index (χ3v) is 4.26. The molecular weight excluding hydrogens is 334 g/mol. The van der Waals surface area contributed by atoms with Crippen LogP contribution in [0.4, 0.5) is 16.0 Å². The number of carbonyl (C=O) groups is 1. The Balaban J connectivity index is 1.45. The zero-order valence-corrected chi connectivity index (χ0v) is 14.6. The highest BCUT2D eigenvalue weighted by molar-refractivity contribution is 7.19. The molecule has 0 spiro atoms. The fourth-order valence-electron chi connectivity index (χ4n) is 2.15. The van der Waals surface area contributed by atoms with Crippen molar-refractivity contribution in [1.29, 1.82) is 0 Å². The summed E-state index contributed by atoms with van der Waals surface area (Å²) in [6, 6.07) is 17.4. The zero-order valence-electron chi connectivity index (χ0n) is 13.8. The number of carbonyl (C=O) groups excluding carboxylic acids is 1. The van der Waals surface area contributed by atoms with E-state index in [4.69, 9.17) is 0 Å². The molecule has 0 saturated carbocycles. The lowest BCUT2D eigenvalue weighted by Gasteiger charge is -2.06. The van der Waals surface area contributed by atoms with Crippen LogP contribution in [0.3, 0.4) is 0 Å². The molecule has 128 valence electrons. The Labute approximate surface area is 150 Å². The normalized spacial score (nSPS) is 10.3. The molecule has 25 heavy (non-hydrogen) atoms. The second kappa shape index (κ2) is 8.25. The van der Waals surface area contributed by atoms with Gasteiger partial charge in [0.05, 0.1) is 0 Å². The lowest BCUT2D eigenvalue weighted by Crippen LogP contribution is -2.13. The minimum atomic E-state index is -0.187. The average molecular weight is 353 g/mol. The molecular formula is C18H19N5OS. The van der Waals surface area contributed by atoms with Gasteiger partial charge in [-0.1, -0.05) is 47.2 Å². The highest BCUT2D eigenvalue weighted by atomic mass is 32.1. The van der Waals surface area contributed by atoms with Crippen LogP contribution in [-0.4, -0.2) is 29.2 Å². The molecule has 3 aromatic rings. The Morgan fingerprint density at radius 2 is 1.60 bits per heavy atom. The molecule has 1 aromatic heterocycles. The van der Waals surface area contributed by atoms with Gasteiger partial charge in [-0.15, -0.1) is 10.2 Å². The Kier molecular flexibility index (Phi) is 5.58. The summed E-state index contributed by atoms with van der Waals surface area (Å²) in [5, 5.41) is 18.4. The minimum absolute atomic E-state index is 0.187. The first-order valence-corrected chi connectivity index (χ1v) is 8.77. The average Bonchev–Trinajstić information content (AvgIpc) is 3.07. The predicted molar refractivity (Wildman–Crippen MR) is 102 cm³/mol. The SMILES string of the molecule is Cc1ccc(C(=O)Nc2nnc(NCCNc3ccccc3)s2)cc1. The first-order chi connectivity index (χ1) is 12.2. The summed E-state index contributed by atoms with van der Waals surface area (Å²) in [6.07, 6.45) is 0. The molecule has 0 aliphatic heterocycles. The molecule has 0 fully saturated rings. The smallest absolute Gasteiger partial charge is 0.257 e. The lowest BCUT2D eigenvalue weighted by molar-refractivity contribution is 0.102. The van der Waals surface area contributed by atoms with Gasteiger partial charge in [0.15, 0.2) is 0 Å². The molecule has 0 atom stereocenters. The van der Waals surface area contributed by atoms with Gasteiger partial charge in [-0.3, -0.25) is 10.1 Å². The Hall–Kier alpha value is -2.93. The topological polar surface area (TPSA) is 78.9 Å². The van der Waals surface area contributed by atoms with E-state index in [2.05, 4.69) is 26.1 Å². The van der Waals surface area contributed by atoms with Crippen LogP contribution >= 0.6 is 11.3 Å². The van der Waals surface area contributed by atoms with Crippen molar-refractivity contribution in [2.75, 3.05) is 29.0 Å². The van der Waals surface area contributed by atoms with Crippen LogP contribution in [0, 0.1) is 6.92 Å². The van der Waals surface area contributed by atoms with Crippen molar-refractivity contribution in [1.82, 2.24) is 10.2 Å². The van der Waals surface area contributed by atoms with Gasteiger partial charge in [0.2, 0.25) is 10.3 Å². The summed E-state index contributed by atoms with van der Waals surface area (Å²) in [4.78, 5) is 12.1. The first kappa shape index (κ1) is 16.9. The summed E-state index contributed by atoms with van der Waals surface area (Å²) in [5.74, 6) is -0.187. The maximum atomic E-state index is 12.1. The lowest BCUT2D eigenvalue weighted by atomic mass is 10.1. The maximum absolute atomic E-state index is 12.1.